The van der Waals surface area contributed by atoms with Crippen LogP contribution in [-0.4, -0.2) is 22.8 Å². The Labute approximate surface area is 167 Å². The van der Waals surface area contributed by atoms with Crippen molar-refractivity contribution >= 4 is 39.9 Å². The first kappa shape index (κ1) is 18.4. The zero-order chi connectivity index (χ0) is 18.8. The van der Waals surface area contributed by atoms with Gasteiger partial charge in [-0.05, 0) is 49.9 Å². The summed E-state index contributed by atoms with van der Waals surface area (Å²) in [5, 5.41) is 7.19. The second-order valence-electron chi connectivity index (χ2n) is 7.22. The molecule has 1 unspecified atom stereocenters. The number of rotatable bonds is 4. The second kappa shape index (κ2) is 7.98. The SMILES string of the molecule is O=C(Nc1nc2c(s1)CCC2C(=O)NC1CCCCC1)c1ccc(Cl)cc1. The van der Waals surface area contributed by atoms with Crippen molar-refractivity contribution in [3.05, 3.63) is 45.4 Å². The molecule has 142 valence electrons. The number of carbonyl (C=O) groups is 2. The van der Waals surface area contributed by atoms with E-state index in [4.69, 9.17) is 11.6 Å². The molecule has 1 heterocycles. The molecule has 27 heavy (non-hydrogen) atoms. The van der Waals surface area contributed by atoms with Gasteiger partial charge in [-0.25, -0.2) is 4.98 Å². The zero-order valence-electron chi connectivity index (χ0n) is 15.0. The summed E-state index contributed by atoms with van der Waals surface area (Å²) in [5.41, 5.74) is 1.36. The number of benzene rings is 1. The maximum Gasteiger partial charge on any atom is 0.257 e. The summed E-state index contributed by atoms with van der Waals surface area (Å²) < 4.78 is 0. The van der Waals surface area contributed by atoms with Crippen LogP contribution in [0.25, 0.3) is 0 Å². The fourth-order valence-electron chi connectivity index (χ4n) is 3.86. The molecule has 4 rings (SSSR count). The van der Waals surface area contributed by atoms with Gasteiger partial charge in [0.15, 0.2) is 5.13 Å². The summed E-state index contributed by atoms with van der Waals surface area (Å²) in [7, 11) is 0. The Morgan fingerprint density at radius 1 is 1.07 bits per heavy atom. The lowest BCUT2D eigenvalue weighted by Crippen LogP contribution is -2.38. The molecule has 1 aromatic heterocycles. The van der Waals surface area contributed by atoms with Crippen molar-refractivity contribution in [3.8, 4) is 0 Å². The maximum atomic E-state index is 12.7. The van der Waals surface area contributed by atoms with Gasteiger partial charge >= 0.3 is 0 Å². The van der Waals surface area contributed by atoms with Crippen LogP contribution in [0.1, 0.15) is 65.4 Å². The van der Waals surface area contributed by atoms with E-state index in [2.05, 4.69) is 15.6 Å². The van der Waals surface area contributed by atoms with Crippen molar-refractivity contribution in [1.82, 2.24) is 10.3 Å². The van der Waals surface area contributed by atoms with E-state index in [1.807, 2.05) is 0 Å². The number of carbonyl (C=O) groups excluding carboxylic acids is 2. The van der Waals surface area contributed by atoms with Crippen LogP contribution in [0, 0.1) is 0 Å². The average molecular weight is 404 g/mol. The standard InChI is InChI=1S/C20H22ClN3O2S/c21-13-8-6-12(7-9-13)18(25)24-20-23-17-15(10-11-16(17)27-20)19(26)22-14-4-2-1-3-5-14/h6-9,14-15H,1-5,10-11H2,(H,22,26)(H,23,24,25). The summed E-state index contributed by atoms with van der Waals surface area (Å²) in [6.45, 7) is 0. The minimum absolute atomic E-state index is 0.0847. The number of fused-ring (bicyclic) bond motifs is 1. The molecule has 2 aliphatic rings. The molecule has 2 aliphatic carbocycles. The molecule has 7 heteroatoms. The molecule has 1 fully saturated rings. The lowest BCUT2D eigenvalue weighted by atomic mass is 9.94. The fraction of sp³-hybridized carbons (Fsp3) is 0.450. The molecule has 1 saturated carbocycles. The van der Waals surface area contributed by atoms with Crippen LogP contribution in [0.4, 0.5) is 5.13 Å². The van der Waals surface area contributed by atoms with E-state index in [1.54, 1.807) is 24.3 Å². The number of amides is 2. The highest BCUT2D eigenvalue weighted by Gasteiger charge is 2.33. The summed E-state index contributed by atoms with van der Waals surface area (Å²) in [5.74, 6) is -0.330. The van der Waals surface area contributed by atoms with Gasteiger partial charge in [0.2, 0.25) is 5.91 Å². The molecule has 2 aromatic rings. The number of aromatic nitrogens is 1. The van der Waals surface area contributed by atoms with Crippen molar-refractivity contribution in [3.63, 3.8) is 0 Å². The summed E-state index contributed by atoms with van der Waals surface area (Å²) >= 11 is 7.33. The van der Waals surface area contributed by atoms with Gasteiger partial charge in [0, 0.05) is 21.5 Å². The summed E-state index contributed by atoms with van der Waals surface area (Å²) in [6, 6.07) is 7.03. The Balaban J connectivity index is 1.42. The van der Waals surface area contributed by atoms with Gasteiger partial charge in [-0.3, -0.25) is 14.9 Å². The molecule has 0 bridgehead atoms. The molecule has 5 nitrogen and oxygen atoms in total. The van der Waals surface area contributed by atoms with Crippen LogP contribution in [0.5, 0.6) is 0 Å². The highest BCUT2D eigenvalue weighted by Crippen LogP contribution is 2.38. The van der Waals surface area contributed by atoms with Gasteiger partial charge in [-0.15, -0.1) is 11.3 Å². The third kappa shape index (κ3) is 4.17. The molecular formula is C20H22ClN3O2S. The largest absolute Gasteiger partial charge is 0.353 e. The van der Waals surface area contributed by atoms with Crippen LogP contribution in [0.3, 0.4) is 0 Å². The first-order valence-corrected chi connectivity index (χ1v) is 10.7. The summed E-state index contributed by atoms with van der Waals surface area (Å²) in [6.07, 6.45) is 7.44. The van der Waals surface area contributed by atoms with Gasteiger partial charge < -0.3 is 5.32 Å². The molecule has 0 aliphatic heterocycles. The third-order valence-electron chi connectivity index (χ3n) is 5.31. The molecule has 0 saturated heterocycles. The number of hydrogen-bond acceptors (Lipinski definition) is 4. The quantitative estimate of drug-likeness (QED) is 0.787. The predicted molar refractivity (Wildman–Crippen MR) is 108 cm³/mol. The summed E-state index contributed by atoms with van der Waals surface area (Å²) in [4.78, 5) is 30.7. The van der Waals surface area contributed by atoms with Crippen molar-refractivity contribution in [2.24, 2.45) is 0 Å². The molecular weight excluding hydrogens is 382 g/mol. The highest BCUT2D eigenvalue weighted by atomic mass is 35.5. The molecule has 1 atom stereocenters. The van der Waals surface area contributed by atoms with Gasteiger partial charge in [0.05, 0.1) is 11.6 Å². The number of halogens is 1. The fourth-order valence-corrected chi connectivity index (χ4v) is 5.01. The van der Waals surface area contributed by atoms with Crippen LogP contribution in [0.15, 0.2) is 24.3 Å². The third-order valence-corrected chi connectivity index (χ3v) is 6.61. The minimum Gasteiger partial charge on any atom is -0.353 e. The van der Waals surface area contributed by atoms with Crippen LogP contribution >= 0.6 is 22.9 Å². The molecule has 0 spiro atoms. The van der Waals surface area contributed by atoms with E-state index in [9.17, 15) is 9.59 Å². The van der Waals surface area contributed by atoms with Crippen LogP contribution < -0.4 is 10.6 Å². The van der Waals surface area contributed by atoms with Crippen molar-refractivity contribution in [2.75, 3.05) is 5.32 Å². The van der Waals surface area contributed by atoms with Crippen molar-refractivity contribution < 1.29 is 9.59 Å². The average Bonchev–Trinajstić information content (AvgIpc) is 3.23. The Bertz CT molecular complexity index is 843. The zero-order valence-corrected chi connectivity index (χ0v) is 16.5. The smallest absolute Gasteiger partial charge is 0.257 e. The topological polar surface area (TPSA) is 71.1 Å². The first-order chi connectivity index (χ1) is 13.1. The minimum atomic E-state index is -0.220. The van der Waals surface area contributed by atoms with E-state index in [1.165, 1.54) is 30.6 Å². The van der Waals surface area contributed by atoms with Gasteiger partial charge in [-0.2, -0.15) is 0 Å². The normalized spacial score (nSPS) is 19.5. The number of nitrogens with one attached hydrogen (secondary N) is 2. The number of thiazole rings is 1. The molecule has 2 amide bonds. The lowest BCUT2D eigenvalue weighted by Gasteiger charge is -2.24. The van der Waals surface area contributed by atoms with Crippen LogP contribution in [-0.2, 0) is 11.2 Å². The number of hydrogen-bond donors (Lipinski definition) is 2. The lowest BCUT2D eigenvalue weighted by molar-refractivity contribution is -0.123. The van der Waals surface area contributed by atoms with Gasteiger partial charge in [0.1, 0.15) is 0 Å². The van der Waals surface area contributed by atoms with E-state index in [0.717, 1.165) is 36.3 Å². The number of aryl methyl sites for hydroxylation is 1. The Morgan fingerprint density at radius 2 is 1.81 bits per heavy atom. The predicted octanol–water partition coefficient (Wildman–Crippen LogP) is 4.53. The Kier molecular flexibility index (Phi) is 5.45. The van der Waals surface area contributed by atoms with Gasteiger partial charge in [0.25, 0.3) is 5.91 Å². The molecule has 1 aromatic carbocycles. The number of anilines is 1. The first-order valence-electron chi connectivity index (χ1n) is 9.47. The van der Waals surface area contributed by atoms with Crippen molar-refractivity contribution in [1.29, 1.82) is 0 Å². The second-order valence-corrected chi connectivity index (χ2v) is 8.74. The van der Waals surface area contributed by atoms with E-state index in [-0.39, 0.29) is 17.7 Å². The van der Waals surface area contributed by atoms with Crippen molar-refractivity contribution in [2.45, 2.75) is 56.9 Å². The van der Waals surface area contributed by atoms with E-state index < -0.39 is 0 Å². The van der Waals surface area contributed by atoms with E-state index in [0.29, 0.717) is 21.8 Å². The Morgan fingerprint density at radius 3 is 2.56 bits per heavy atom. The maximum absolute atomic E-state index is 12.7. The molecule has 2 N–H and O–H groups in total. The number of nitrogens with zero attached hydrogens (tertiary/aromatic N) is 1. The molecule has 0 radical (unpaired) electrons. The van der Waals surface area contributed by atoms with Crippen LogP contribution in [0.2, 0.25) is 5.02 Å². The Hall–Kier alpha value is -1.92. The van der Waals surface area contributed by atoms with Gasteiger partial charge in [-0.1, -0.05) is 30.9 Å². The highest BCUT2D eigenvalue weighted by molar-refractivity contribution is 7.16. The van der Waals surface area contributed by atoms with E-state index >= 15 is 0 Å². The monoisotopic (exact) mass is 403 g/mol.